The zero-order chi connectivity index (χ0) is 16.2. The minimum absolute atomic E-state index is 0.00137. The van der Waals surface area contributed by atoms with Gasteiger partial charge in [0.25, 0.3) is 0 Å². The van der Waals surface area contributed by atoms with E-state index in [2.05, 4.69) is 21.7 Å². The van der Waals surface area contributed by atoms with Gasteiger partial charge in [-0.15, -0.1) is 11.3 Å². The minimum Gasteiger partial charge on any atom is -0.508 e. The van der Waals surface area contributed by atoms with Crippen molar-refractivity contribution < 1.29 is 9.90 Å². The van der Waals surface area contributed by atoms with Gasteiger partial charge >= 0.3 is 0 Å². The summed E-state index contributed by atoms with van der Waals surface area (Å²) < 4.78 is 0. The van der Waals surface area contributed by atoms with Gasteiger partial charge in [-0.05, 0) is 47.5 Å². The number of phenols is 1. The van der Waals surface area contributed by atoms with Gasteiger partial charge in [-0.1, -0.05) is 12.1 Å². The standard InChI is InChI=1S/C18H22N2O2S/c1-13-2-3-14(10-16(13)21)11-18(22)19-6-8-20-7-4-17-15(12-20)5-9-23-17/h2-3,5,9-10,21H,4,6-8,11-12H2,1H3,(H,19,22). The largest absolute Gasteiger partial charge is 0.508 e. The smallest absolute Gasteiger partial charge is 0.224 e. The molecular weight excluding hydrogens is 308 g/mol. The van der Waals surface area contributed by atoms with Gasteiger partial charge in [0.1, 0.15) is 5.75 Å². The Hall–Kier alpha value is -1.85. The average molecular weight is 330 g/mol. The van der Waals surface area contributed by atoms with Crippen LogP contribution in [0.2, 0.25) is 0 Å². The lowest BCUT2D eigenvalue weighted by Crippen LogP contribution is -2.37. The normalized spacial score (nSPS) is 14.5. The van der Waals surface area contributed by atoms with Crippen LogP contribution in [0, 0.1) is 6.92 Å². The molecule has 1 aliphatic rings. The molecule has 5 heteroatoms. The lowest BCUT2D eigenvalue weighted by atomic mass is 10.1. The number of phenolic OH excluding ortho intramolecular Hbond substituents is 1. The molecule has 0 bridgehead atoms. The first kappa shape index (κ1) is 16.0. The average Bonchev–Trinajstić information content (AvgIpc) is 2.98. The number of thiophene rings is 1. The Kier molecular flexibility index (Phi) is 4.98. The molecular formula is C18H22N2O2S. The van der Waals surface area contributed by atoms with Crippen LogP contribution in [0.4, 0.5) is 0 Å². The fourth-order valence-corrected chi connectivity index (χ4v) is 3.75. The molecule has 122 valence electrons. The second kappa shape index (κ2) is 7.15. The number of aryl methyl sites for hydroxylation is 1. The number of aromatic hydroxyl groups is 1. The summed E-state index contributed by atoms with van der Waals surface area (Å²) in [5.41, 5.74) is 3.10. The molecule has 0 atom stereocenters. The van der Waals surface area contributed by atoms with Crippen molar-refractivity contribution in [3.05, 3.63) is 51.2 Å². The molecule has 0 saturated carbocycles. The van der Waals surface area contributed by atoms with Gasteiger partial charge in [-0.3, -0.25) is 9.69 Å². The SMILES string of the molecule is Cc1ccc(CC(=O)NCCN2CCc3sccc3C2)cc1O. The lowest BCUT2D eigenvalue weighted by Gasteiger charge is -2.26. The van der Waals surface area contributed by atoms with E-state index in [9.17, 15) is 9.90 Å². The fourth-order valence-electron chi connectivity index (χ4n) is 2.86. The molecule has 4 nitrogen and oxygen atoms in total. The maximum absolute atomic E-state index is 12.0. The van der Waals surface area contributed by atoms with Gasteiger partial charge < -0.3 is 10.4 Å². The summed E-state index contributed by atoms with van der Waals surface area (Å²) in [5, 5.41) is 14.8. The molecule has 0 unspecified atom stereocenters. The Morgan fingerprint density at radius 1 is 1.39 bits per heavy atom. The summed E-state index contributed by atoms with van der Waals surface area (Å²) in [6.45, 7) is 5.43. The molecule has 0 fully saturated rings. The highest BCUT2D eigenvalue weighted by molar-refractivity contribution is 7.10. The molecule has 1 aliphatic heterocycles. The fraction of sp³-hybridized carbons (Fsp3) is 0.389. The van der Waals surface area contributed by atoms with E-state index in [0.717, 1.165) is 37.2 Å². The molecule has 0 saturated heterocycles. The number of rotatable bonds is 5. The monoisotopic (exact) mass is 330 g/mol. The molecule has 2 N–H and O–H groups in total. The van der Waals surface area contributed by atoms with Crippen LogP contribution in [0.15, 0.2) is 29.6 Å². The van der Waals surface area contributed by atoms with Gasteiger partial charge in [-0.2, -0.15) is 0 Å². The van der Waals surface area contributed by atoms with Crippen molar-refractivity contribution >= 4 is 17.2 Å². The number of benzene rings is 1. The van der Waals surface area contributed by atoms with Gasteiger partial charge in [0.05, 0.1) is 6.42 Å². The molecule has 0 spiro atoms. The summed E-state index contributed by atoms with van der Waals surface area (Å²) in [4.78, 5) is 15.9. The van der Waals surface area contributed by atoms with Gasteiger partial charge in [0, 0.05) is 31.1 Å². The summed E-state index contributed by atoms with van der Waals surface area (Å²) in [5.74, 6) is 0.247. The zero-order valence-corrected chi connectivity index (χ0v) is 14.2. The second-order valence-electron chi connectivity index (χ2n) is 6.04. The second-order valence-corrected chi connectivity index (χ2v) is 7.04. The van der Waals surface area contributed by atoms with Crippen LogP contribution >= 0.6 is 11.3 Å². The Bertz CT molecular complexity index is 696. The number of carbonyl (C=O) groups is 1. The zero-order valence-electron chi connectivity index (χ0n) is 13.3. The van der Waals surface area contributed by atoms with Crippen LogP contribution in [-0.2, 0) is 24.2 Å². The lowest BCUT2D eigenvalue weighted by molar-refractivity contribution is -0.120. The van der Waals surface area contributed by atoms with Crippen molar-refractivity contribution in [1.82, 2.24) is 10.2 Å². The summed E-state index contributed by atoms with van der Waals surface area (Å²) in [6, 6.07) is 7.59. The quantitative estimate of drug-likeness (QED) is 0.885. The predicted octanol–water partition coefficient (Wildman–Crippen LogP) is 2.48. The highest BCUT2D eigenvalue weighted by Crippen LogP contribution is 2.23. The molecule has 0 aliphatic carbocycles. The molecule has 1 aromatic heterocycles. The van der Waals surface area contributed by atoms with Crippen LogP contribution in [0.1, 0.15) is 21.6 Å². The molecule has 1 amide bonds. The van der Waals surface area contributed by atoms with E-state index in [0.29, 0.717) is 13.0 Å². The van der Waals surface area contributed by atoms with Crippen LogP contribution in [0.3, 0.4) is 0 Å². The minimum atomic E-state index is 0.00137. The van der Waals surface area contributed by atoms with Crippen molar-refractivity contribution in [2.45, 2.75) is 26.3 Å². The number of nitrogens with zero attached hydrogens (tertiary/aromatic N) is 1. The van der Waals surface area contributed by atoms with E-state index < -0.39 is 0 Å². The first-order valence-electron chi connectivity index (χ1n) is 7.94. The van der Waals surface area contributed by atoms with E-state index in [1.165, 1.54) is 10.4 Å². The number of carbonyl (C=O) groups excluding carboxylic acids is 1. The van der Waals surface area contributed by atoms with Crippen molar-refractivity contribution in [2.24, 2.45) is 0 Å². The van der Waals surface area contributed by atoms with E-state index in [1.54, 1.807) is 6.07 Å². The highest BCUT2D eigenvalue weighted by atomic mass is 32.1. The Balaban J connectivity index is 1.42. The Morgan fingerprint density at radius 2 is 2.26 bits per heavy atom. The Labute approximate surface area is 140 Å². The molecule has 3 rings (SSSR count). The van der Waals surface area contributed by atoms with Crippen molar-refractivity contribution in [1.29, 1.82) is 0 Å². The maximum atomic E-state index is 12.0. The maximum Gasteiger partial charge on any atom is 0.224 e. The number of hydrogen-bond donors (Lipinski definition) is 2. The third kappa shape index (κ3) is 4.12. The van der Waals surface area contributed by atoms with Gasteiger partial charge in [0.2, 0.25) is 5.91 Å². The van der Waals surface area contributed by atoms with Crippen molar-refractivity contribution in [3.8, 4) is 5.75 Å². The first-order valence-corrected chi connectivity index (χ1v) is 8.82. The molecule has 23 heavy (non-hydrogen) atoms. The van der Waals surface area contributed by atoms with Crippen LogP contribution < -0.4 is 5.32 Å². The number of fused-ring (bicyclic) bond motifs is 1. The third-order valence-corrected chi connectivity index (χ3v) is 5.30. The summed E-state index contributed by atoms with van der Waals surface area (Å²) in [6.07, 6.45) is 1.42. The third-order valence-electron chi connectivity index (χ3n) is 4.28. The van der Waals surface area contributed by atoms with E-state index in [1.807, 2.05) is 30.4 Å². The number of amides is 1. The summed E-state index contributed by atoms with van der Waals surface area (Å²) in [7, 11) is 0. The van der Waals surface area contributed by atoms with E-state index >= 15 is 0 Å². The molecule has 0 radical (unpaired) electrons. The first-order chi connectivity index (χ1) is 11.1. The van der Waals surface area contributed by atoms with Gasteiger partial charge in [-0.25, -0.2) is 0 Å². The van der Waals surface area contributed by atoms with Crippen LogP contribution in [0.25, 0.3) is 0 Å². The van der Waals surface area contributed by atoms with Crippen LogP contribution in [0.5, 0.6) is 5.75 Å². The number of nitrogens with one attached hydrogen (secondary N) is 1. The van der Waals surface area contributed by atoms with E-state index in [-0.39, 0.29) is 11.7 Å². The molecule has 2 heterocycles. The topological polar surface area (TPSA) is 52.6 Å². The molecule has 1 aromatic carbocycles. The Morgan fingerprint density at radius 3 is 3.09 bits per heavy atom. The van der Waals surface area contributed by atoms with E-state index in [4.69, 9.17) is 0 Å². The summed E-state index contributed by atoms with van der Waals surface area (Å²) >= 11 is 1.84. The molecule has 2 aromatic rings. The van der Waals surface area contributed by atoms with Crippen molar-refractivity contribution in [3.63, 3.8) is 0 Å². The number of hydrogen-bond acceptors (Lipinski definition) is 4. The van der Waals surface area contributed by atoms with Crippen molar-refractivity contribution in [2.75, 3.05) is 19.6 Å². The van der Waals surface area contributed by atoms with Gasteiger partial charge in [0.15, 0.2) is 0 Å². The highest BCUT2D eigenvalue weighted by Gasteiger charge is 2.16. The predicted molar refractivity (Wildman–Crippen MR) is 92.9 cm³/mol. The van der Waals surface area contributed by atoms with Crippen LogP contribution in [-0.4, -0.2) is 35.5 Å².